The first-order valence-electron chi connectivity index (χ1n) is 6.05. The van der Waals surface area contributed by atoms with E-state index in [2.05, 4.69) is 65.2 Å². The van der Waals surface area contributed by atoms with E-state index in [0.717, 1.165) is 28.1 Å². The second-order valence-electron chi connectivity index (χ2n) is 4.25. The van der Waals surface area contributed by atoms with Gasteiger partial charge in [-0.25, -0.2) is 4.98 Å². The molecule has 1 heterocycles. The van der Waals surface area contributed by atoms with Crippen LogP contribution in [0, 0.1) is 13.8 Å². The van der Waals surface area contributed by atoms with E-state index < -0.39 is 0 Å². The summed E-state index contributed by atoms with van der Waals surface area (Å²) in [5.74, 6) is 0. The predicted octanol–water partition coefficient (Wildman–Crippen LogP) is 4.70. The molecule has 0 amide bonds. The molecule has 1 N–H and O–H groups in total. The van der Waals surface area contributed by atoms with Crippen LogP contribution in [0.4, 0.5) is 5.69 Å². The minimum atomic E-state index is 0.853. The van der Waals surface area contributed by atoms with Crippen LogP contribution >= 0.6 is 27.3 Å². The van der Waals surface area contributed by atoms with Gasteiger partial charge < -0.3 is 5.32 Å². The molecular weight excluding hydrogens is 308 g/mol. The largest absolute Gasteiger partial charge is 0.380 e. The zero-order valence-corrected chi connectivity index (χ0v) is 13.3. The Morgan fingerprint density at radius 1 is 1.33 bits per heavy atom. The van der Waals surface area contributed by atoms with Gasteiger partial charge in [0.05, 0.1) is 17.2 Å². The molecule has 18 heavy (non-hydrogen) atoms. The highest BCUT2D eigenvalue weighted by Crippen LogP contribution is 2.24. The molecular formula is C14H17BrN2S. The van der Waals surface area contributed by atoms with E-state index in [1.165, 1.54) is 16.1 Å². The lowest BCUT2D eigenvalue weighted by molar-refractivity contribution is 1.08. The minimum Gasteiger partial charge on any atom is -0.380 e. The highest BCUT2D eigenvalue weighted by molar-refractivity contribution is 9.10. The lowest BCUT2D eigenvalue weighted by Gasteiger charge is -2.10. The number of hydrogen-bond acceptors (Lipinski definition) is 3. The van der Waals surface area contributed by atoms with Crippen molar-refractivity contribution in [2.24, 2.45) is 0 Å². The SMILES string of the molecule is CCc1cc(Br)ccc1NCc1sc(C)nc1C. The Hall–Kier alpha value is -0.870. The number of thiazole rings is 1. The van der Waals surface area contributed by atoms with E-state index in [-0.39, 0.29) is 0 Å². The molecule has 0 saturated heterocycles. The van der Waals surface area contributed by atoms with Gasteiger partial charge in [0, 0.05) is 15.0 Å². The number of aromatic nitrogens is 1. The molecule has 1 aromatic carbocycles. The third kappa shape index (κ3) is 3.12. The smallest absolute Gasteiger partial charge is 0.0900 e. The van der Waals surface area contributed by atoms with Crippen molar-refractivity contribution in [3.8, 4) is 0 Å². The number of anilines is 1. The van der Waals surface area contributed by atoms with E-state index in [1.54, 1.807) is 11.3 Å². The fourth-order valence-electron chi connectivity index (χ4n) is 1.94. The molecule has 0 fully saturated rings. The Balaban J connectivity index is 2.13. The van der Waals surface area contributed by atoms with Crippen LogP contribution in [0.5, 0.6) is 0 Å². The van der Waals surface area contributed by atoms with Gasteiger partial charge in [0.25, 0.3) is 0 Å². The van der Waals surface area contributed by atoms with Gasteiger partial charge in [-0.05, 0) is 44.0 Å². The monoisotopic (exact) mass is 324 g/mol. The van der Waals surface area contributed by atoms with Crippen LogP contribution in [-0.4, -0.2) is 4.98 Å². The number of halogens is 1. The molecule has 2 rings (SSSR count). The molecule has 4 heteroatoms. The van der Waals surface area contributed by atoms with Crippen molar-refractivity contribution in [3.05, 3.63) is 43.8 Å². The Bertz CT molecular complexity index is 549. The van der Waals surface area contributed by atoms with Crippen LogP contribution in [0.25, 0.3) is 0 Å². The third-order valence-electron chi connectivity index (χ3n) is 2.89. The van der Waals surface area contributed by atoms with E-state index in [0.29, 0.717) is 0 Å². The molecule has 0 bridgehead atoms. The minimum absolute atomic E-state index is 0.853. The van der Waals surface area contributed by atoms with Gasteiger partial charge in [0.15, 0.2) is 0 Å². The van der Waals surface area contributed by atoms with E-state index >= 15 is 0 Å². The first-order valence-corrected chi connectivity index (χ1v) is 7.66. The summed E-state index contributed by atoms with van der Waals surface area (Å²) in [5.41, 5.74) is 3.69. The molecule has 2 nitrogen and oxygen atoms in total. The molecule has 0 saturated carbocycles. The molecule has 1 aromatic heterocycles. The molecule has 96 valence electrons. The van der Waals surface area contributed by atoms with Crippen molar-refractivity contribution in [2.75, 3.05) is 5.32 Å². The zero-order chi connectivity index (χ0) is 13.1. The number of rotatable bonds is 4. The topological polar surface area (TPSA) is 24.9 Å². The molecule has 0 aliphatic heterocycles. The van der Waals surface area contributed by atoms with Crippen molar-refractivity contribution in [1.82, 2.24) is 4.98 Å². The fourth-order valence-corrected chi connectivity index (χ4v) is 3.23. The van der Waals surface area contributed by atoms with Crippen LogP contribution in [0.15, 0.2) is 22.7 Å². The van der Waals surface area contributed by atoms with E-state index in [9.17, 15) is 0 Å². The lowest BCUT2D eigenvalue weighted by atomic mass is 10.1. The molecule has 0 unspecified atom stereocenters. The van der Waals surface area contributed by atoms with E-state index in [4.69, 9.17) is 0 Å². The first kappa shape index (κ1) is 13.6. The van der Waals surface area contributed by atoms with Crippen LogP contribution in [0.1, 0.15) is 28.1 Å². The normalized spacial score (nSPS) is 10.7. The molecule has 2 aromatic rings. The van der Waals surface area contributed by atoms with Gasteiger partial charge in [-0.2, -0.15) is 0 Å². The van der Waals surface area contributed by atoms with Gasteiger partial charge in [0.2, 0.25) is 0 Å². The Labute approximate surface area is 121 Å². The summed E-state index contributed by atoms with van der Waals surface area (Å²) >= 11 is 5.28. The maximum atomic E-state index is 4.45. The average Bonchev–Trinajstić information content (AvgIpc) is 2.66. The van der Waals surface area contributed by atoms with Gasteiger partial charge in [-0.1, -0.05) is 22.9 Å². The lowest BCUT2D eigenvalue weighted by Crippen LogP contribution is -2.01. The Morgan fingerprint density at radius 2 is 2.11 bits per heavy atom. The van der Waals surface area contributed by atoms with Gasteiger partial charge in [0.1, 0.15) is 0 Å². The predicted molar refractivity (Wildman–Crippen MR) is 82.4 cm³/mol. The van der Waals surface area contributed by atoms with Gasteiger partial charge in [-0.3, -0.25) is 0 Å². The number of hydrogen-bond donors (Lipinski definition) is 1. The molecule has 0 aliphatic carbocycles. The van der Waals surface area contributed by atoms with Gasteiger partial charge >= 0.3 is 0 Å². The number of aryl methyl sites for hydroxylation is 3. The van der Waals surface area contributed by atoms with Crippen molar-refractivity contribution in [2.45, 2.75) is 33.7 Å². The standard InChI is InChI=1S/C14H17BrN2S/c1-4-11-7-12(15)5-6-13(11)16-8-14-9(2)17-10(3)18-14/h5-7,16H,4,8H2,1-3H3. The Kier molecular flexibility index (Phi) is 4.40. The maximum Gasteiger partial charge on any atom is 0.0900 e. The average molecular weight is 325 g/mol. The van der Waals surface area contributed by atoms with Crippen LogP contribution < -0.4 is 5.32 Å². The number of benzene rings is 1. The number of nitrogens with zero attached hydrogens (tertiary/aromatic N) is 1. The second kappa shape index (κ2) is 5.85. The quantitative estimate of drug-likeness (QED) is 0.881. The number of nitrogens with one attached hydrogen (secondary N) is 1. The van der Waals surface area contributed by atoms with Gasteiger partial charge in [-0.15, -0.1) is 11.3 Å². The van der Waals surface area contributed by atoms with E-state index in [1.807, 2.05) is 0 Å². The van der Waals surface area contributed by atoms with Crippen molar-refractivity contribution < 1.29 is 0 Å². The summed E-state index contributed by atoms with van der Waals surface area (Å²) < 4.78 is 1.13. The molecule has 0 radical (unpaired) electrons. The highest BCUT2D eigenvalue weighted by atomic mass is 79.9. The fraction of sp³-hybridized carbons (Fsp3) is 0.357. The van der Waals surface area contributed by atoms with Crippen LogP contribution in [0.3, 0.4) is 0 Å². The summed E-state index contributed by atoms with van der Waals surface area (Å²) in [7, 11) is 0. The Morgan fingerprint density at radius 3 is 2.72 bits per heavy atom. The second-order valence-corrected chi connectivity index (χ2v) is 6.45. The third-order valence-corrected chi connectivity index (χ3v) is 4.45. The van der Waals surface area contributed by atoms with Crippen molar-refractivity contribution in [3.63, 3.8) is 0 Å². The molecule has 0 atom stereocenters. The van der Waals surface area contributed by atoms with Crippen molar-refractivity contribution >= 4 is 33.0 Å². The summed E-state index contributed by atoms with van der Waals surface area (Å²) in [6.07, 6.45) is 1.03. The summed E-state index contributed by atoms with van der Waals surface area (Å²) in [6.45, 7) is 7.15. The zero-order valence-electron chi connectivity index (χ0n) is 10.9. The molecule has 0 aliphatic rings. The van der Waals surface area contributed by atoms with Crippen LogP contribution in [0.2, 0.25) is 0 Å². The van der Waals surface area contributed by atoms with Crippen molar-refractivity contribution in [1.29, 1.82) is 0 Å². The summed E-state index contributed by atoms with van der Waals surface area (Å²) in [6, 6.07) is 6.38. The first-order chi connectivity index (χ1) is 8.60. The molecule has 0 spiro atoms. The van der Waals surface area contributed by atoms with Crippen LogP contribution in [-0.2, 0) is 13.0 Å². The maximum absolute atomic E-state index is 4.45. The highest BCUT2D eigenvalue weighted by Gasteiger charge is 2.06. The summed E-state index contributed by atoms with van der Waals surface area (Å²) in [4.78, 5) is 5.77. The summed E-state index contributed by atoms with van der Waals surface area (Å²) in [5, 5.41) is 4.65.